The molecule has 0 fully saturated rings. The van der Waals surface area contributed by atoms with E-state index in [0.717, 1.165) is 11.3 Å². The number of thiophene rings is 1. The monoisotopic (exact) mass is 524 g/mol. The lowest BCUT2D eigenvalue weighted by molar-refractivity contribution is 0.0527. The van der Waals surface area contributed by atoms with Gasteiger partial charge in [0.15, 0.2) is 0 Å². The van der Waals surface area contributed by atoms with Crippen molar-refractivity contribution in [2.24, 2.45) is 0 Å². The molecule has 0 unspecified atom stereocenters. The van der Waals surface area contributed by atoms with E-state index < -0.39 is 27.9 Å². The largest absolute Gasteiger partial charge is 0.462 e. The Hall–Kier alpha value is -2.76. The van der Waals surface area contributed by atoms with Gasteiger partial charge in [-0.1, -0.05) is 13.8 Å². The number of sulfonamides is 1. The molecule has 1 aromatic heterocycles. The SMILES string of the molecule is CCCN(CCC)S(=O)(=O)c1ccc(C(=O)Nc2sc(C(=O)OCC)c(C)c2C(=O)OCC)cc1. The summed E-state index contributed by atoms with van der Waals surface area (Å²) in [5, 5.41) is 2.81. The standard InChI is InChI=1S/C24H32N2O7S2/c1-6-14-26(15-7-2)35(30,31)18-12-10-17(11-13-18)21(27)25-22-19(23(28)32-8-3)16(5)20(34-22)24(29)33-9-4/h10-13H,6-9,14-15H2,1-5H3,(H,25,27). The molecule has 0 spiro atoms. The molecule has 2 rings (SSSR count). The molecule has 192 valence electrons. The van der Waals surface area contributed by atoms with E-state index in [-0.39, 0.29) is 39.1 Å². The Labute approximate surface area is 210 Å². The molecule has 0 radical (unpaired) electrons. The molecule has 1 heterocycles. The van der Waals surface area contributed by atoms with Crippen molar-refractivity contribution in [2.45, 2.75) is 52.4 Å². The number of carbonyl (C=O) groups excluding carboxylic acids is 3. The molecule has 1 N–H and O–H groups in total. The quantitative estimate of drug-likeness (QED) is 0.407. The van der Waals surface area contributed by atoms with Crippen LogP contribution < -0.4 is 5.32 Å². The van der Waals surface area contributed by atoms with Crippen molar-refractivity contribution in [2.75, 3.05) is 31.6 Å². The first-order chi connectivity index (χ1) is 16.6. The van der Waals surface area contributed by atoms with Crippen LogP contribution in [0.5, 0.6) is 0 Å². The lowest BCUT2D eigenvalue weighted by Gasteiger charge is -2.21. The molecule has 0 aliphatic carbocycles. The van der Waals surface area contributed by atoms with Crippen molar-refractivity contribution >= 4 is 44.2 Å². The zero-order chi connectivity index (χ0) is 26.2. The van der Waals surface area contributed by atoms with Gasteiger partial charge in [-0.05, 0) is 63.4 Å². The Balaban J connectivity index is 2.35. The van der Waals surface area contributed by atoms with Crippen LogP contribution in [0.3, 0.4) is 0 Å². The van der Waals surface area contributed by atoms with E-state index in [1.165, 1.54) is 28.6 Å². The van der Waals surface area contributed by atoms with Crippen molar-refractivity contribution < 1.29 is 32.3 Å². The van der Waals surface area contributed by atoms with Gasteiger partial charge in [-0.3, -0.25) is 4.79 Å². The maximum absolute atomic E-state index is 13.0. The molecule has 1 amide bonds. The molecular formula is C24H32N2O7S2. The fourth-order valence-electron chi connectivity index (χ4n) is 3.40. The minimum absolute atomic E-state index is 0.0854. The highest BCUT2D eigenvalue weighted by Crippen LogP contribution is 2.34. The van der Waals surface area contributed by atoms with Crippen LogP contribution in [-0.2, 0) is 19.5 Å². The van der Waals surface area contributed by atoms with Gasteiger partial charge < -0.3 is 14.8 Å². The summed E-state index contributed by atoms with van der Waals surface area (Å²) in [6, 6.07) is 5.60. The number of nitrogens with one attached hydrogen (secondary N) is 1. The molecule has 1 aromatic carbocycles. The van der Waals surface area contributed by atoms with E-state index >= 15 is 0 Å². The number of ether oxygens (including phenoxy) is 2. The smallest absolute Gasteiger partial charge is 0.348 e. The average molecular weight is 525 g/mol. The number of esters is 2. The van der Waals surface area contributed by atoms with Crippen molar-refractivity contribution in [3.05, 3.63) is 45.8 Å². The lowest BCUT2D eigenvalue weighted by Crippen LogP contribution is -2.32. The highest BCUT2D eigenvalue weighted by molar-refractivity contribution is 7.89. The Morgan fingerprint density at radius 3 is 1.97 bits per heavy atom. The van der Waals surface area contributed by atoms with Gasteiger partial charge in [0, 0.05) is 18.7 Å². The second-order valence-corrected chi connectivity index (χ2v) is 10.5. The van der Waals surface area contributed by atoms with Crippen LogP contribution in [0.1, 0.15) is 76.5 Å². The van der Waals surface area contributed by atoms with Crippen LogP contribution in [0.4, 0.5) is 5.00 Å². The van der Waals surface area contributed by atoms with Gasteiger partial charge in [0.05, 0.1) is 23.7 Å². The summed E-state index contributed by atoms with van der Waals surface area (Å²) >= 11 is 0.924. The summed E-state index contributed by atoms with van der Waals surface area (Å²) in [4.78, 5) is 38.1. The maximum atomic E-state index is 13.0. The Bertz CT molecular complexity index is 1150. The van der Waals surface area contributed by atoms with Crippen molar-refractivity contribution in [3.63, 3.8) is 0 Å². The molecule has 2 aromatic rings. The number of benzene rings is 1. The second-order valence-electron chi connectivity index (χ2n) is 7.58. The van der Waals surface area contributed by atoms with Crippen molar-refractivity contribution in [1.82, 2.24) is 4.31 Å². The van der Waals surface area contributed by atoms with Crippen LogP contribution in [0, 0.1) is 6.92 Å². The van der Waals surface area contributed by atoms with E-state index in [2.05, 4.69) is 5.32 Å². The molecule has 0 atom stereocenters. The molecule has 11 heteroatoms. The van der Waals surface area contributed by atoms with Gasteiger partial charge in [0.25, 0.3) is 5.91 Å². The van der Waals surface area contributed by atoms with Crippen LogP contribution in [0.2, 0.25) is 0 Å². The zero-order valence-electron chi connectivity index (χ0n) is 20.7. The number of amides is 1. The normalized spacial score (nSPS) is 11.4. The van der Waals surface area contributed by atoms with Crippen molar-refractivity contribution in [3.8, 4) is 0 Å². The van der Waals surface area contributed by atoms with E-state index in [4.69, 9.17) is 9.47 Å². The molecule has 0 saturated heterocycles. The topological polar surface area (TPSA) is 119 Å². The third-order valence-electron chi connectivity index (χ3n) is 5.01. The van der Waals surface area contributed by atoms with Gasteiger partial charge in [0.1, 0.15) is 9.88 Å². The molecule has 0 bridgehead atoms. The first-order valence-corrected chi connectivity index (χ1v) is 13.8. The third kappa shape index (κ3) is 6.68. The van der Waals surface area contributed by atoms with Crippen LogP contribution in [-0.4, -0.2) is 56.9 Å². The van der Waals surface area contributed by atoms with E-state index in [1.54, 1.807) is 20.8 Å². The molecule has 0 aliphatic rings. The molecule has 0 saturated carbocycles. The fraction of sp³-hybridized carbons (Fsp3) is 0.458. The van der Waals surface area contributed by atoms with Gasteiger partial charge >= 0.3 is 11.9 Å². The number of nitrogens with zero attached hydrogens (tertiary/aromatic N) is 1. The van der Waals surface area contributed by atoms with Crippen molar-refractivity contribution in [1.29, 1.82) is 0 Å². The van der Waals surface area contributed by atoms with Crippen LogP contribution >= 0.6 is 11.3 Å². The molecule has 9 nitrogen and oxygen atoms in total. The molecule has 0 aliphatic heterocycles. The van der Waals surface area contributed by atoms with Crippen LogP contribution in [0.25, 0.3) is 0 Å². The van der Waals surface area contributed by atoms with Gasteiger partial charge in [-0.15, -0.1) is 11.3 Å². The summed E-state index contributed by atoms with van der Waals surface area (Å²) in [5.41, 5.74) is 0.637. The summed E-state index contributed by atoms with van der Waals surface area (Å²) < 4.78 is 37.5. The zero-order valence-corrected chi connectivity index (χ0v) is 22.3. The van der Waals surface area contributed by atoms with E-state index in [9.17, 15) is 22.8 Å². The predicted octanol–water partition coefficient (Wildman–Crippen LogP) is 4.47. The maximum Gasteiger partial charge on any atom is 0.348 e. The summed E-state index contributed by atoms with van der Waals surface area (Å²) in [7, 11) is -3.68. The Morgan fingerprint density at radius 2 is 1.46 bits per heavy atom. The number of anilines is 1. The summed E-state index contributed by atoms with van der Waals surface area (Å²) in [6.07, 6.45) is 1.38. The fourth-order valence-corrected chi connectivity index (χ4v) is 6.10. The third-order valence-corrected chi connectivity index (χ3v) is 8.11. The lowest BCUT2D eigenvalue weighted by atomic mass is 10.1. The van der Waals surface area contributed by atoms with Crippen LogP contribution in [0.15, 0.2) is 29.2 Å². The van der Waals surface area contributed by atoms with E-state index in [0.29, 0.717) is 31.5 Å². The average Bonchev–Trinajstić information content (AvgIpc) is 3.15. The minimum atomic E-state index is -3.68. The number of carbonyl (C=O) groups is 3. The summed E-state index contributed by atoms with van der Waals surface area (Å²) in [5.74, 6) is -1.82. The molecular weight excluding hydrogens is 492 g/mol. The number of rotatable bonds is 12. The predicted molar refractivity (Wildman–Crippen MR) is 135 cm³/mol. The number of hydrogen-bond donors (Lipinski definition) is 1. The summed E-state index contributed by atoms with van der Waals surface area (Å²) in [6.45, 7) is 9.85. The van der Waals surface area contributed by atoms with Gasteiger partial charge in [-0.2, -0.15) is 4.31 Å². The molecule has 35 heavy (non-hydrogen) atoms. The minimum Gasteiger partial charge on any atom is -0.462 e. The Morgan fingerprint density at radius 1 is 0.914 bits per heavy atom. The second kappa shape index (κ2) is 12.8. The van der Waals surface area contributed by atoms with E-state index in [1.807, 2.05) is 13.8 Å². The number of hydrogen-bond acceptors (Lipinski definition) is 8. The highest BCUT2D eigenvalue weighted by atomic mass is 32.2. The van der Waals surface area contributed by atoms with Gasteiger partial charge in [-0.25, -0.2) is 18.0 Å². The van der Waals surface area contributed by atoms with Gasteiger partial charge in [0.2, 0.25) is 10.0 Å². The first kappa shape index (κ1) is 28.5. The Kier molecular flexibility index (Phi) is 10.4. The first-order valence-electron chi connectivity index (χ1n) is 11.5. The highest BCUT2D eigenvalue weighted by Gasteiger charge is 2.28.